The van der Waals surface area contributed by atoms with Crippen molar-refractivity contribution >= 4 is 45.4 Å². The highest BCUT2D eigenvalue weighted by molar-refractivity contribution is 7.99. The molecule has 0 saturated heterocycles. The zero-order chi connectivity index (χ0) is 27.4. The number of rotatable bonds is 9. The van der Waals surface area contributed by atoms with Crippen LogP contribution in [-0.2, 0) is 17.6 Å². The Kier molecular flexibility index (Phi) is 8.18. The van der Waals surface area contributed by atoms with E-state index in [1.54, 1.807) is 35.1 Å². The van der Waals surface area contributed by atoms with Gasteiger partial charge in [0.1, 0.15) is 22.1 Å². The molecular weight excluding hydrogens is 536 g/mol. The second-order valence-corrected chi connectivity index (χ2v) is 10.8. The summed E-state index contributed by atoms with van der Waals surface area (Å²) in [6, 6.07) is 12.8. The largest absolute Gasteiger partial charge is 0.496 e. The second kappa shape index (κ2) is 11.9. The number of nitrogens with one attached hydrogen (secondary N) is 1. The number of nitrogens with zero attached hydrogens (tertiary/aromatic N) is 3. The molecule has 5 rings (SSSR count). The third kappa shape index (κ3) is 5.50. The summed E-state index contributed by atoms with van der Waals surface area (Å²) in [7, 11) is 4.61. The lowest BCUT2D eigenvalue weighted by atomic mass is 9.97. The zero-order valence-electron chi connectivity index (χ0n) is 21.9. The Morgan fingerprint density at radius 3 is 2.51 bits per heavy atom. The van der Waals surface area contributed by atoms with Gasteiger partial charge in [-0.25, -0.2) is 10.4 Å². The Hall–Kier alpha value is -3.83. The van der Waals surface area contributed by atoms with E-state index in [0.29, 0.717) is 39.0 Å². The van der Waals surface area contributed by atoms with Crippen LogP contribution in [0.1, 0.15) is 28.8 Å². The minimum absolute atomic E-state index is 0.0179. The van der Waals surface area contributed by atoms with Gasteiger partial charge in [-0.05, 0) is 43.4 Å². The van der Waals surface area contributed by atoms with Gasteiger partial charge in [0.25, 0.3) is 11.5 Å². The number of thiophene rings is 1. The van der Waals surface area contributed by atoms with Crippen molar-refractivity contribution in [3.05, 3.63) is 68.8 Å². The van der Waals surface area contributed by atoms with Gasteiger partial charge in [-0.1, -0.05) is 30.0 Å². The Morgan fingerprint density at radius 2 is 1.82 bits per heavy atom. The number of carbonyl (C=O) groups is 1. The van der Waals surface area contributed by atoms with E-state index in [4.69, 9.17) is 19.2 Å². The van der Waals surface area contributed by atoms with Crippen molar-refractivity contribution in [3.63, 3.8) is 0 Å². The van der Waals surface area contributed by atoms with Crippen molar-refractivity contribution in [1.29, 1.82) is 0 Å². The van der Waals surface area contributed by atoms with Crippen molar-refractivity contribution in [2.45, 2.75) is 30.8 Å². The second-order valence-electron chi connectivity index (χ2n) is 8.79. The maximum atomic E-state index is 13.8. The molecule has 9 nitrogen and oxygen atoms in total. The summed E-state index contributed by atoms with van der Waals surface area (Å²) in [4.78, 5) is 33.4. The Labute approximate surface area is 233 Å². The van der Waals surface area contributed by atoms with Gasteiger partial charge in [0.15, 0.2) is 5.16 Å². The monoisotopic (exact) mass is 564 g/mol. The number of amides is 1. The summed E-state index contributed by atoms with van der Waals surface area (Å²) in [5.74, 6) is 1.22. The zero-order valence-corrected chi connectivity index (χ0v) is 23.5. The van der Waals surface area contributed by atoms with Crippen LogP contribution in [0.2, 0.25) is 0 Å². The number of ether oxygens (including phenoxy) is 3. The molecular formula is C28H28N4O5S2. The molecule has 2 heterocycles. The third-order valence-corrected chi connectivity index (χ3v) is 8.57. The fourth-order valence-corrected chi connectivity index (χ4v) is 6.69. The van der Waals surface area contributed by atoms with E-state index in [1.165, 1.54) is 37.1 Å². The van der Waals surface area contributed by atoms with Crippen molar-refractivity contribution in [1.82, 2.24) is 15.0 Å². The average molecular weight is 565 g/mol. The van der Waals surface area contributed by atoms with Crippen LogP contribution in [-0.4, -0.2) is 48.8 Å². The first-order valence-electron chi connectivity index (χ1n) is 12.4. The number of aromatic nitrogens is 2. The maximum Gasteiger partial charge on any atom is 0.267 e. The number of aryl methyl sites for hydroxylation is 2. The fourth-order valence-electron chi connectivity index (χ4n) is 4.58. The maximum absolute atomic E-state index is 13.8. The van der Waals surface area contributed by atoms with Gasteiger partial charge in [-0.3, -0.25) is 14.2 Å². The number of hydrogen-bond acceptors (Lipinski definition) is 9. The molecule has 0 fully saturated rings. The van der Waals surface area contributed by atoms with E-state index < -0.39 is 0 Å². The molecule has 0 aliphatic heterocycles. The van der Waals surface area contributed by atoms with E-state index >= 15 is 0 Å². The summed E-state index contributed by atoms with van der Waals surface area (Å²) in [5.41, 5.74) is 4.85. The van der Waals surface area contributed by atoms with Gasteiger partial charge in [0.2, 0.25) is 0 Å². The summed E-state index contributed by atoms with van der Waals surface area (Å²) in [5, 5.41) is 5.27. The SMILES string of the molecule is COc1cc(OC)c(/C=N\NC(=O)CSc2nc3sc4c(c3c(=O)n2-c2ccccc2)CCCC4)c(OC)c1. The molecule has 0 saturated carbocycles. The topological polar surface area (TPSA) is 104 Å². The normalized spacial score (nSPS) is 12.9. The van der Waals surface area contributed by atoms with Crippen LogP contribution < -0.4 is 25.2 Å². The summed E-state index contributed by atoms with van der Waals surface area (Å²) >= 11 is 2.79. The highest BCUT2D eigenvalue weighted by atomic mass is 32.2. The minimum Gasteiger partial charge on any atom is -0.496 e. The number of benzene rings is 2. The van der Waals surface area contributed by atoms with Crippen LogP contribution in [0.25, 0.3) is 15.9 Å². The van der Waals surface area contributed by atoms with Crippen LogP contribution in [0.4, 0.5) is 0 Å². The van der Waals surface area contributed by atoms with Crippen molar-refractivity contribution < 1.29 is 19.0 Å². The number of hydrogen-bond donors (Lipinski definition) is 1. The van der Waals surface area contributed by atoms with Crippen LogP contribution in [0, 0.1) is 0 Å². The standard InChI is InChI=1S/C28H28N4O5S2/c1-35-18-13-21(36-2)20(22(14-18)37-3)15-29-31-24(33)16-38-28-30-26-25(19-11-7-8-12-23(19)39-26)27(34)32(28)17-9-5-4-6-10-17/h4-6,9-10,13-15H,7-8,11-12,16H2,1-3H3,(H,31,33)/b29-15-. The van der Waals surface area contributed by atoms with Crippen LogP contribution >= 0.6 is 23.1 Å². The minimum atomic E-state index is -0.345. The smallest absolute Gasteiger partial charge is 0.267 e. The Balaban J connectivity index is 1.39. The number of carbonyl (C=O) groups excluding carboxylic acids is 1. The van der Waals surface area contributed by atoms with Gasteiger partial charge in [-0.15, -0.1) is 11.3 Å². The molecule has 1 N–H and O–H groups in total. The first kappa shape index (κ1) is 26.8. The van der Waals surface area contributed by atoms with E-state index in [0.717, 1.165) is 36.1 Å². The lowest BCUT2D eigenvalue weighted by Gasteiger charge is -2.13. The number of thioether (sulfide) groups is 1. The fraction of sp³-hybridized carbons (Fsp3) is 0.286. The molecule has 2 aromatic carbocycles. The Bertz CT molecular complexity index is 1570. The molecule has 1 amide bonds. The first-order chi connectivity index (χ1) is 19.0. The molecule has 0 atom stereocenters. The number of fused-ring (bicyclic) bond motifs is 3. The first-order valence-corrected chi connectivity index (χ1v) is 14.2. The van der Waals surface area contributed by atoms with Crippen LogP contribution in [0.3, 0.4) is 0 Å². The third-order valence-electron chi connectivity index (χ3n) is 6.44. The highest BCUT2D eigenvalue weighted by Crippen LogP contribution is 2.35. The van der Waals surface area contributed by atoms with Gasteiger partial charge in [0, 0.05) is 17.0 Å². The number of para-hydroxylation sites is 1. The van der Waals surface area contributed by atoms with E-state index in [9.17, 15) is 9.59 Å². The quantitative estimate of drug-likeness (QED) is 0.137. The molecule has 0 spiro atoms. The van der Waals surface area contributed by atoms with Gasteiger partial charge >= 0.3 is 0 Å². The van der Waals surface area contributed by atoms with Crippen molar-refractivity contribution in [3.8, 4) is 22.9 Å². The van der Waals surface area contributed by atoms with Crippen LogP contribution in [0.5, 0.6) is 17.2 Å². The summed E-state index contributed by atoms with van der Waals surface area (Å²) in [6.07, 6.45) is 5.55. The average Bonchev–Trinajstić information content (AvgIpc) is 3.35. The molecule has 1 aliphatic carbocycles. The molecule has 0 bridgehead atoms. The van der Waals surface area contributed by atoms with E-state index in [2.05, 4.69) is 10.5 Å². The summed E-state index contributed by atoms with van der Waals surface area (Å²) in [6.45, 7) is 0. The molecule has 202 valence electrons. The number of methoxy groups -OCH3 is 3. The van der Waals surface area contributed by atoms with E-state index in [-0.39, 0.29) is 17.2 Å². The molecule has 0 radical (unpaired) electrons. The predicted octanol–water partition coefficient (Wildman–Crippen LogP) is 4.59. The lowest BCUT2D eigenvalue weighted by Crippen LogP contribution is -2.24. The van der Waals surface area contributed by atoms with Gasteiger partial charge < -0.3 is 14.2 Å². The highest BCUT2D eigenvalue weighted by Gasteiger charge is 2.23. The molecule has 39 heavy (non-hydrogen) atoms. The Morgan fingerprint density at radius 1 is 1.10 bits per heavy atom. The predicted molar refractivity (Wildman–Crippen MR) is 154 cm³/mol. The molecule has 4 aromatic rings. The molecule has 11 heteroatoms. The molecule has 2 aromatic heterocycles. The van der Waals surface area contributed by atoms with E-state index in [1.807, 2.05) is 30.3 Å². The van der Waals surface area contributed by atoms with Gasteiger partial charge in [-0.2, -0.15) is 5.10 Å². The van der Waals surface area contributed by atoms with Crippen molar-refractivity contribution in [2.75, 3.05) is 27.1 Å². The molecule has 1 aliphatic rings. The van der Waals surface area contributed by atoms with Gasteiger partial charge in [0.05, 0.1) is 49.9 Å². The lowest BCUT2D eigenvalue weighted by molar-refractivity contribution is -0.118. The molecule has 0 unspecified atom stereocenters. The van der Waals surface area contributed by atoms with Crippen LogP contribution in [0.15, 0.2) is 57.5 Å². The van der Waals surface area contributed by atoms with Crippen molar-refractivity contribution in [2.24, 2.45) is 5.10 Å². The number of hydrazone groups is 1. The summed E-state index contributed by atoms with van der Waals surface area (Å²) < 4.78 is 17.7.